The first-order chi connectivity index (χ1) is 8.72. The summed E-state index contributed by atoms with van der Waals surface area (Å²) in [5.41, 5.74) is 1.10. The minimum absolute atomic E-state index is 0.269. The van der Waals surface area contributed by atoms with Gasteiger partial charge in [0.1, 0.15) is 6.42 Å². The van der Waals surface area contributed by atoms with E-state index in [0.29, 0.717) is 11.3 Å². The predicted molar refractivity (Wildman–Crippen MR) is 64.5 cm³/mol. The number of ether oxygens (including phenoxy) is 1. The predicted octanol–water partition coefficient (Wildman–Crippen LogP) is 1.62. The molecule has 92 valence electrons. The number of ketones is 1. The van der Waals surface area contributed by atoms with Gasteiger partial charge >= 0.3 is 5.97 Å². The average molecular weight is 244 g/mol. The zero-order chi connectivity index (χ0) is 13.0. The summed E-state index contributed by atoms with van der Waals surface area (Å²) in [4.78, 5) is 23.1. The minimum atomic E-state index is -0.546. The van der Waals surface area contributed by atoms with Crippen molar-refractivity contribution < 1.29 is 14.3 Å². The van der Waals surface area contributed by atoms with Gasteiger partial charge in [0.15, 0.2) is 5.78 Å². The summed E-state index contributed by atoms with van der Waals surface area (Å²) in [5, 5.41) is 4.08. The van der Waals surface area contributed by atoms with Crippen molar-refractivity contribution in [1.82, 2.24) is 9.78 Å². The molecule has 5 heteroatoms. The van der Waals surface area contributed by atoms with Crippen molar-refractivity contribution >= 4 is 11.8 Å². The van der Waals surface area contributed by atoms with Gasteiger partial charge in [0, 0.05) is 18.0 Å². The lowest BCUT2D eigenvalue weighted by Gasteiger charge is -2.07. The van der Waals surface area contributed by atoms with E-state index in [0.717, 1.165) is 0 Å². The Hall–Kier alpha value is -2.43. The average Bonchev–Trinajstić information content (AvgIpc) is 2.92. The molecule has 0 N–H and O–H groups in total. The number of Topliss-reactive ketones (excluding diaryl/α,β-unsaturated/α-hetero) is 1. The normalized spacial score (nSPS) is 10.1. The number of hydrogen-bond donors (Lipinski definition) is 0. The van der Waals surface area contributed by atoms with Gasteiger partial charge in [-0.15, -0.1) is 0 Å². The van der Waals surface area contributed by atoms with E-state index in [-0.39, 0.29) is 12.2 Å². The number of hydrogen-bond acceptors (Lipinski definition) is 4. The van der Waals surface area contributed by atoms with E-state index in [1.54, 1.807) is 41.3 Å². The third kappa shape index (κ3) is 2.45. The molecule has 0 spiro atoms. The fraction of sp³-hybridized carbons (Fsp3) is 0.154. The molecule has 18 heavy (non-hydrogen) atoms. The smallest absolute Gasteiger partial charge is 0.313 e. The van der Waals surface area contributed by atoms with Crippen LogP contribution in [0.1, 0.15) is 16.8 Å². The first kappa shape index (κ1) is 12.0. The Kier molecular flexibility index (Phi) is 3.52. The van der Waals surface area contributed by atoms with E-state index in [4.69, 9.17) is 0 Å². The van der Waals surface area contributed by atoms with Crippen LogP contribution in [-0.4, -0.2) is 28.6 Å². The number of carbonyl (C=O) groups is 2. The summed E-state index contributed by atoms with van der Waals surface area (Å²) in [6.07, 6.45) is 3.10. The van der Waals surface area contributed by atoms with E-state index in [2.05, 4.69) is 9.84 Å². The Morgan fingerprint density at radius 1 is 1.28 bits per heavy atom. The van der Waals surface area contributed by atoms with E-state index in [9.17, 15) is 9.59 Å². The van der Waals surface area contributed by atoms with Crippen molar-refractivity contribution in [3.8, 4) is 5.69 Å². The summed E-state index contributed by atoms with van der Waals surface area (Å²) in [6.45, 7) is 0. The molecule has 0 saturated heterocycles. The highest BCUT2D eigenvalue weighted by molar-refractivity contribution is 6.07. The summed E-state index contributed by atoms with van der Waals surface area (Å²) in [7, 11) is 1.26. The van der Waals surface area contributed by atoms with Crippen molar-refractivity contribution in [1.29, 1.82) is 0 Å². The molecule has 0 saturated carbocycles. The van der Waals surface area contributed by atoms with Gasteiger partial charge in [-0.2, -0.15) is 5.10 Å². The minimum Gasteiger partial charge on any atom is -0.469 e. The van der Waals surface area contributed by atoms with E-state index >= 15 is 0 Å². The van der Waals surface area contributed by atoms with Crippen LogP contribution in [0.15, 0.2) is 42.7 Å². The first-order valence-corrected chi connectivity index (χ1v) is 5.41. The number of para-hydroxylation sites is 1. The van der Waals surface area contributed by atoms with E-state index in [1.165, 1.54) is 7.11 Å². The molecular weight excluding hydrogens is 232 g/mol. The van der Waals surface area contributed by atoms with Crippen molar-refractivity contribution in [3.05, 3.63) is 48.3 Å². The van der Waals surface area contributed by atoms with Gasteiger partial charge in [0.25, 0.3) is 0 Å². The number of carbonyl (C=O) groups excluding carboxylic acids is 2. The molecule has 0 aliphatic rings. The Labute approximate surface area is 104 Å². The topological polar surface area (TPSA) is 61.2 Å². The van der Waals surface area contributed by atoms with Gasteiger partial charge in [0.05, 0.1) is 12.8 Å². The molecule has 1 aromatic heterocycles. The van der Waals surface area contributed by atoms with Gasteiger partial charge in [0.2, 0.25) is 0 Å². The molecule has 0 bridgehead atoms. The molecule has 0 atom stereocenters. The van der Waals surface area contributed by atoms with Crippen LogP contribution in [0.25, 0.3) is 5.69 Å². The van der Waals surface area contributed by atoms with Crippen LogP contribution in [0.3, 0.4) is 0 Å². The fourth-order valence-corrected chi connectivity index (χ4v) is 1.62. The highest BCUT2D eigenvalue weighted by Crippen LogP contribution is 2.15. The Balaban J connectivity index is 2.34. The number of benzene rings is 1. The number of rotatable bonds is 4. The number of nitrogens with zero attached hydrogens (tertiary/aromatic N) is 2. The molecule has 1 heterocycles. The molecule has 2 rings (SSSR count). The molecule has 0 aliphatic carbocycles. The van der Waals surface area contributed by atoms with Crippen molar-refractivity contribution in [3.63, 3.8) is 0 Å². The highest BCUT2D eigenvalue weighted by Gasteiger charge is 2.16. The van der Waals surface area contributed by atoms with Crippen LogP contribution < -0.4 is 0 Å². The van der Waals surface area contributed by atoms with Gasteiger partial charge in [-0.3, -0.25) is 9.59 Å². The maximum atomic E-state index is 12.0. The van der Waals surface area contributed by atoms with Crippen molar-refractivity contribution in [2.75, 3.05) is 7.11 Å². The zero-order valence-corrected chi connectivity index (χ0v) is 9.87. The van der Waals surface area contributed by atoms with E-state index < -0.39 is 5.97 Å². The van der Waals surface area contributed by atoms with E-state index in [1.807, 2.05) is 6.07 Å². The van der Waals surface area contributed by atoms with Gasteiger partial charge in [-0.05, 0) is 18.2 Å². The molecular formula is C13H12N2O3. The Morgan fingerprint density at radius 2 is 2.06 bits per heavy atom. The zero-order valence-electron chi connectivity index (χ0n) is 9.87. The van der Waals surface area contributed by atoms with Crippen LogP contribution >= 0.6 is 0 Å². The summed E-state index contributed by atoms with van der Waals surface area (Å²) < 4.78 is 6.08. The molecule has 1 aromatic carbocycles. The largest absolute Gasteiger partial charge is 0.469 e. The van der Waals surface area contributed by atoms with Crippen LogP contribution in [0.2, 0.25) is 0 Å². The third-order valence-electron chi connectivity index (χ3n) is 2.49. The summed E-state index contributed by atoms with van der Waals surface area (Å²) in [6, 6.07) is 8.77. The number of methoxy groups -OCH3 is 1. The molecule has 0 radical (unpaired) electrons. The summed E-state index contributed by atoms with van der Waals surface area (Å²) >= 11 is 0. The molecule has 5 nitrogen and oxygen atoms in total. The first-order valence-electron chi connectivity index (χ1n) is 5.41. The second-order valence-corrected chi connectivity index (χ2v) is 3.64. The Bertz CT molecular complexity index is 561. The van der Waals surface area contributed by atoms with Crippen molar-refractivity contribution in [2.24, 2.45) is 0 Å². The van der Waals surface area contributed by atoms with Crippen molar-refractivity contribution in [2.45, 2.75) is 6.42 Å². The SMILES string of the molecule is COC(=O)CC(=O)c1ccccc1-n1cccn1. The second kappa shape index (κ2) is 5.27. The van der Waals surface area contributed by atoms with Crippen LogP contribution in [0.4, 0.5) is 0 Å². The molecule has 0 fully saturated rings. The molecule has 2 aromatic rings. The number of esters is 1. The lowest BCUT2D eigenvalue weighted by atomic mass is 10.1. The highest BCUT2D eigenvalue weighted by atomic mass is 16.5. The third-order valence-corrected chi connectivity index (χ3v) is 2.49. The van der Waals surface area contributed by atoms with Crippen LogP contribution in [0.5, 0.6) is 0 Å². The monoisotopic (exact) mass is 244 g/mol. The number of aromatic nitrogens is 2. The maximum absolute atomic E-state index is 12.0. The lowest BCUT2D eigenvalue weighted by Crippen LogP contribution is -2.12. The fourth-order valence-electron chi connectivity index (χ4n) is 1.62. The Morgan fingerprint density at radius 3 is 2.72 bits per heavy atom. The molecule has 0 aliphatic heterocycles. The standard InChI is InChI=1S/C13H12N2O3/c1-18-13(17)9-12(16)10-5-2-3-6-11(10)15-8-4-7-14-15/h2-8H,9H2,1H3. The van der Waals surface area contributed by atoms with Crippen LogP contribution in [0, 0.1) is 0 Å². The van der Waals surface area contributed by atoms with Gasteiger partial charge < -0.3 is 4.74 Å². The van der Waals surface area contributed by atoms with Crippen LogP contribution in [-0.2, 0) is 9.53 Å². The van der Waals surface area contributed by atoms with Gasteiger partial charge in [-0.25, -0.2) is 4.68 Å². The lowest BCUT2D eigenvalue weighted by molar-refractivity contribution is -0.139. The van der Waals surface area contributed by atoms with Gasteiger partial charge in [-0.1, -0.05) is 12.1 Å². The second-order valence-electron chi connectivity index (χ2n) is 3.64. The molecule has 0 amide bonds. The quantitative estimate of drug-likeness (QED) is 0.466. The molecule has 0 unspecified atom stereocenters. The summed E-state index contributed by atoms with van der Waals surface area (Å²) in [5.74, 6) is -0.830. The maximum Gasteiger partial charge on any atom is 0.313 e.